The second-order valence-corrected chi connectivity index (χ2v) is 21.8. The van der Waals surface area contributed by atoms with E-state index in [4.69, 9.17) is 56.5 Å². The van der Waals surface area contributed by atoms with E-state index in [9.17, 15) is 0 Å². The summed E-state index contributed by atoms with van der Waals surface area (Å²) in [5.74, 6) is 0. The van der Waals surface area contributed by atoms with E-state index in [-0.39, 0.29) is 0 Å². The zero-order valence-electron chi connectivity index (χ0n) is 12.1. The molecule has 3 nitrogen and oxygen atoms in total. The van der Waals surface area contributed by atoms with Crippen LogP contribution < -0.4 is 0 Å². The fraction of sp³-hybridized carbons (Fsp3) is 1.00. The molecule has 0 amide bonds. The van der Waals surface area contributed by atoms with Gasteiger partial charge in [0, 0.05) is 0 Å². The molecule has 20 heavy (non-hydrogen) atoms. The van der Waals surface area contributed by atoms with Crippen LogP contribution in [0.5, 0.6) is 0 Å². The van der Waals surface area contributed by atoms with Crippen LogP contribution in [-0.2, 0) is 39.0 Å². The molecule has 0 unspecified atom stereocenters. The second kappa shape index (κ2) is 15.3. The van der Waals surface area contributed by atoms with Crippen molar-refractivity contribution in [2.75, 3.05) is 19.8 Å². The molecule has 10 heteroatoms. The topological polar surface area (TPSA) is 27.7 Å². The van der Waals surface area contributed by atoms with E-state index in [1.54, 1.807) is 6.92 Å². The summed E-state index contributed by atoms with van der Waals surface area (Å²) in [5, 5.41) is 0. The van der Waals surface area contributed by atoms with Gasteiger partial charge in [-0.05, 0) is 0 Å². The first kappa shape index (κ1) is 25.0. The van der Waals surface area contributed by atoms with Crippen LogP contribution in [0, 0.1) is 0 Å². The van der Waals surface area contributed by atoms with Gasteiger partial charge in [0.2, 0.25) is 0 Å². The summed E-state index contributed by atoms with van der Waals surface area (Å²) in [6.45, 7) is 7.73. The maximum absolute atomic E-state index is 5.92. The third-order valence-electron chi connectivity index (χ3n) is 1.84. The number of halogens is 5. The Labute approximate surface area is 150 Å². The molecule has 0 aliphatic rings. The van der Waals surface area contributed by atoms with Gasteiger partial charge < -0.3 is 0 Å². The third-order valence-corrected chi connectivity index (χ3v) is 7.64. The Hall–Kier alpha value is 2.76. The minimum atomic E-state index is -3.32. The zero-order chi connectivity index (χ0) is 16.1. The molecule has 124 valence electrons. The van der Waals surface area contributed by atoms with Gasteiger partial charge in [-0.15, -0.1) is 0 Å². The van der Waals surface area contributed by atoms with E-state index in [0.717, 1.165) is 25.7 Å². The maximum atomic E-state index is 5.92. The summed E-state index contributed by atoms with van der Waals surface area (Å²) < 4.78 is 15.3. The van der Waals surface area contributed by atoms with Crippen molar-refractivity contribution in [1.29, 1.82) is 0 Å². The Balaban J connectivity index is 0. The molecule has 0 fully saturated rings. The van der Waals surface area contributed by atoms with Crippen LogP contribution in [0.4, 0.5) is 0 Å². The Bertz CT molecular complexity index is 206. The van der Waals surface area contributed by atoms with Gasteiger partial charge in [0.1, 0.15) is 0 Å². The van der Waals surface area contributed by atoms with Gasteiger partial charge in [0.05, 0.1) is 0 Å². The van der Waals surface area contributed by atoms with Crippen LogP contribution in [-0.4, -0.2) is 19.8 Å². The van der Waals surface area contributed by atoms with Crippen molar-refractivity contribution >= 4 is 46.5 Å². The van der Waals surface area contributed by atoms with Gasteiger partial charge in [-0.2, -0.15) is 0 Å². The molecule has 0 rings (SSSR count). The molecule has 0 saturated carbocycles. The van der Waals surface area contributed by atoms with E-state index in [0.29, 0.717) is 19.8 Å². The fourth-order valence-corrected chi connectivity index (χ4v) is 5.33. The van der Waals surface area contributed by atoms with E-state index < -0.39 is 29.0 Å². The third kappa shape index (κ3) is 23.0. The Morgan fingerprint density at radius 2 is 1.10 bits per heavy atom. The molecule has 0 heterocycles. The molecule has 0 spiro atoms. The Kier molecular flexibility index (Phi) is 19.1. The number of rotatable bonds is 10. The molecule has 0 aromatic rings. The Morgan fingerprint density at radius 1 is 0.700 bits per heavy atom. The first-order chi connectivity index (χ1) is 9.18. The van der Waals surface area contributed by atoms with Crippen LogP contribution >= 0.6 is 46.5 Å². The monoisotopic (exact) mass is 462 g/mol. The standard InChI is InChI=1S/2C4H9O.C2H5O.5ClH.2Ti/c2*1-2-3-4-5;1-2-3;;;;;;;/h2*2-4H2,1H3;2H2,1H3;5*1H;;/q3*-1;;;;;;2*+4/p-5. The van der Waals surface area contributed by atoms with Gasteiger partial charge in [-0.25, -0.2) is 0 Å². The SMILES string of the molecule is CCCC[O][Ti]([Cl])([Cl])[O]CCCC.CC[O][Ti]([Cl])([Cl])[Cl]. The van der Waals surface area contributed by atoms with Crippen molar-refractivity contribution < 1.29 is 39.0 Å². The molecule has 0 aromatic heterocycles. The van der Waals surface area contributed by atoms with Gasteiger partial charge in [-0.1, -0.05) is 0 Å². The summed E-state index contributed by atoms with van der Waals surface area (Å²) in [6.07, 6.45) is 4.15. The summed E-state index contributed by atoms with van der Waals surface area (Å²) in [4.78, 5) is 0. The van der Waals surface area contributed by atoms with Crippen molar-refractivity contribution in [3.8, 4) is 0 Å². The van der Waals surface area contributed by atoms with Crippen molar-refractivity contribution in [1.82, 2.24) is 0 Å². The van der Waals surface area contributed by atoms with Crippen molar-refractivity contribution in [3.63, 3.8) is 0 Å². The molecule has 0 aliphatic heterocycles. The number of hydrogen-bond acceptors (Lipinski definition) is 3. The Morgan fingerprint density at radius 3 is 1.30 bits per heavy atom. The minimum absolute atomic E-state index is 0.497. The molecular weight excluding hydrogens is 441 g/mol. The average molecular weight is 464 g/mol. The normalized spacial score (nSPS) is 12.0. The molecule has 0 N–H and O–H groups in total. The molecule has 0 radical (unpaired) electrons. The first-order valence-corrected chi connectivity index (χ1v) is 19.2. The van der Waals surface area contributed by atoms with Crippen molar-refractivity contribution in [2.45, 2.75) is 46.5 Å². The van der Waals surface area contributed by atoms with Crippen LogP contribution in [0.15, 0.2) is 0 Å². The summed E-state index contributed by atoms with van der Waals surface area (Å²) in [5.41, 5.74) is 0. The summed E-state index contributed by atoms with van der Waals surface area (Å²) in [7, 11) is 27.8. The van der Waals surface area contributed by atoms with Crippen molar-refractivity contribution in [2.24, 2.45) is 0 Å². The first-order valence-electron chi connectivity index (χ1n) is 6.54. The van der Waals surface area contributed by atoms with Crippen LogP contribution in [0.25, 0.3) is 0 Å². The fourth-order valence-electron chi connectivity index (χ4n) is 0.876. The predicted molar refractivity (Wildman–Crippen MR) is 82.6 cm³/mol. The van der Waals surface area contributed by atoms with E-state index in [2.05, 4.69) is 13.8 Å². The van der Waals surface area contributed by atoms with Crippen LogP contribution in [0.1, 0.15) is 46.5 Å². The molecule has 0 aliphatic carbocycles. The summed E-state index contributed by atoms with van der Waals surface area (Å²) in [6, 6.07) is 0. The van der Waals surface area contributed by atoms with E-state index in [1.807, 2.05) is 0 Å². The molecule has 0 atom stereocenters. The van der Waals surface area contributed by atoms with Gasteiger partial charge in [0.25, 0.3) is 0 Å². The molecule has 0 bridgehead atoms. The molecule has 0 aromatic carbocycles. The van der Waals surface area contributed by atoms with Crippen LogP contribution in [0.2, 0.25) is 0 Å². The quantitative estimate of drug-likeness (QED) is 0.274. The second-order valence-electron chi connectivity index (χ2n) is 3.75. The molecular formula is C10H23Cl5O3Ti2. The van der Waals surface area contributed by atoms with E-state index >= 15 is 0 Å². The van der Waals surface area contributed by atoms with Gasteiger partial charge in [0.15, 0.2) is 0 Å². The van der Waals surface area contributed by atoms with Crippen LogP contribution in [0.3, 0.4) is 0 Å². The molecule has 0 saturated heterocycles. The summed E-state index contributed by atoms with van der Waals surface area (Å²) >= 11 is -6.48. The number of unbranched alkanes of at least 4 members (excludes halogenated alkanes) is 2. The average Bonchev–Trinajstić information content (AvgIpc) is 2.28. The van der Waals surface area contributed by atoms with Gasteiger partial charge >= 0.3 is 152 Å². The number of hydrogen-bond donors (Lipinski definition) is 0. The predicted octanol–water partition coefficient (Wildman–Crippen LogP) is 6.46. The van der Waals surface area contributed by atoms with E-state index in [1.165, 1.54) is 0 Å². The van der Waals surface area contributed by atoms with Gasteiger partial charge in [-0.3, -0.25) is 0 Å². The zero-order valence-corrected chi connectivity index (χ0v) is 19.0. The van der Waals surface area contributed by atoms with Crippen molar-refractivity contribution in [3.05, 3.63) is 0 Å².